The number of rotatable bonds is 6. The molecule has 0 spiro atoms. The molecule has 38 heavy (non-hydrogen) atoms. The second-order valence-corrected chi connectivity index (χ2v) is 11.5. The Morgan fingerprint density at radius 3 is 2.47 bits per heavy atom. The Balaban J connectivity index is 1.59. The Morgan fingerprint density at radius 1 is 1.03 bits per heavy atom. The molecule has 1 N–H and O–H groups in total. The highest BCUT2D eigenvalue weighted by Crippen LogP contribution is 2.33. The van der Waals surface area contributed by atoms with Crippen molar-refractivity contribution in [1.82, 2.24) is 30.1 Å². The van der Waals surface area contributed by atoms with Crippen molar-refractivity contribution in [2.45, 2.75) is 59.5 Å². The molecule has 4 aromatic rings. The Morgan fingerprint density at radius 2 is 1.76 bits per heavy atom. The van der Waals surface area contributed by atoms with E-state index in [2.05, 4.69) is 83.1 Å². The molecule has 1 atom stereocenters. The molecule has 0 aliphatic carbocycles. The third kappa shape index (κ3) is 4.83. The summed E-state index contributed by atoms with van der Waals surface area (Å²) >= 11 is 6.32. The van der Waals surface area contributed by atoms with E-state index < -0.39 is 0 Å². The predicted molar refractivity (Wildman–Crippen MR) is 153 cm³/mol. The molecular formula is C29H36ClN7O. The zero-order valence-corrected chi connectivity index (χ0v) is 23.8. The van der Waals surface area contributed by atoms with Gasteiger partial charge in [-0.15, -0.1) is 5.10 Å². The Kier molecular flexibility index (Phi) is 7.05. The highest BCUT2D eigenvalue weighted by molar-refractivity contribution is 6.30. The summed E-state index contributed by atoms with van der Waals surface area (Å²) in [4.78, 5) is 21.5. The van der Waals surface area contributed by atoms with Crippen molar-refractivity contribution in [2.75, 3.05) is 31.1 Å². The van der Waals surface area contributed by atoms with E-state index >= 15 is 0 Å². The minimum absolute atomic E-state index is 0.105. The van der Waals surface area contributed by atoms with Gasteiger partial charge in [-0.2, -0.15) is 0 Å². The molecule has 5 rings (SSSR count). The molecule has 1 fully saturated rings. The Labute approximate surface area is 228 Å². The van der Waals surface area contributed by atoms with Gasteiger partial charge in [-0.05, 0) is 92.2 Å². The lowest BCUT2D eigenvalue weighted by Gasteiger charge is -2.40. The third-order valence-electron chi connectivity index (χ3n) is 7.98. The summed E-state index contributed by atoms with van der Waals surface area (Å²) in [5, 5.41) is 14.7. The van der Waals surface area contributed by atoms with Crippen LogP contribution in [0.1, 0.15) is 61.3 Å². The first-order valence-electron chi connectivity index (χ1n) is 13.3. The van der Waals surface area contributed by atoms with Crippen molar-refractivity contribution in [3.63, 3.8) is 0 Å². The molecule has 9 heteroatoms. The van der Waals surface area contributed by atoms with Crippen molar-refractivity contribution in [2.24, 2.45) is 0 Å². The quantitative estimate of drug-likeness (QED) is 0.369. The van der Waals surface area contributed by atoms with Crippen molar-refractivity contribution in [3.8, 4) is 0 Å². The number of halogens is 1. The van der Waals surface area contributed by atoms with Crippen LogP contribution in [0.25, 0.3) is 10.9 Å². The fourth-order valence-electron chi connectivity index (χ4n) is 5.50. The van der Waals surface area contributed by atoms with E-state index in [-0.39, 0.29) is 17.1 Å². The highest BCUT2D eigenvalue weighted by atomic mass is 35.5. The number of pyridine rings is 1. The van der Waals surface area contributed by atoms with Gasteiger partial charge in [-0.3, -0.25) is 9.69 Å². The van der Waals surface area contributed by atoms with E-state index in [9.17, 15) is 4.79 Å². The van der Waals surface area contributed by atoms with Crippen molar-refractivity contribution in [1.29, 1.82) is 0 Å². The maximum absolute atomic E-state index is 13.7. The molecule has 2 aromatic carbocycles. The van der Waals surface area contributed by atoms with Crippen LogP contribution >= 0.6 is 11.6 Å². The fourth-order valence-corrected chi connectivity index (χ4v) is 5.66. The van der Waals surface area contributed by atoms with Gasteiger partial charge in [0.25, 0.3) is 5.56 Å². The van der Waals surface area contributed by atoms with Gasteiger partial charge in [0, 0.05) is 42.5 Å². The topological polar surface area (TPSA) is 82.9 Å². The van der Waals surface area contributed by atoms with Gasteiger partial charge < -0.3 is 9.88 Å². The molecule has 1 aliphatic rings. The standard InChI is InChI=1S/C29H36ClN7O/c1-7-29(5,6)37-27(32-33-34-37)26(23-16-21-15-18(2)14-20(4)25(21)31-28(23)38)36-12-10-35(11-13-36)24-17-22(30)9-8-19(24)3/h8-9,14-17,26H,7,10-13H2,1-6H3,(H,31,38). The van der Waals surface area contributed by atoms with Crippen LogP contribution in [0.15, 0.2) is 41.2 Å². The Hall–Kier alpha value is -3.23. The summed E-state index contributed by atoms with van der Waals surface area (Å²) in [7, 11) is 0. The van der Waals surface area contributed by atoms with Crippen LogP contribution in [0.2, 0.25) is 5.02 Å². The second-order valence-electron chi connectivity index (χ2n) is 11.1. The van der Waals surface area contributed by atoms with Gasteiger partial charge in [0.2, 0.25) is 0 Å². The second kappa shape index (κ2) is 10.2. The molecular weight excluding hydrogens is 498 g/mol. The first-order chi connectivity index (χ1) is 18.1. The van der Waals surface area contributed by atoms with Crippen LogP contribution in [0.4, 0.5) is 5.69 Å². The van der Waals surface area contributed by atoms with Crippen LogP contribution in [0.3, 0.4) is 0 Å². The summed E-state index contributed by atoms with van der Waals surface area (Å²) in [5.41, 5.74) is 5.70. The molecule has 0 amide bonds. The maximum Gasteiger partial charge on any atom is 0.253 e. The summed E-state index contributed by atoms with van der Waals surface area (Å²) < 4.78 is 1.90. The summed E-state index contributed by atoms with van der Waals surface area (Å²) in [6, 6.07) is 11.9. The smallest absolute Gasteiger partial charge is 0.253 e. The van der Waals surface area contributed by atoms with Crippen LogP contribution in [0, 0.1) is 20.8 Å². The average Bonchev–Trinajstić information content (AvgIpc) is 3.37. The normalized spacial score (nSPS) is 15.8. The van der Waals surface area contributed by atoms with Crippen molar-refractivity contribution in [3.05, 3.63) is 79.9 Å². The number of H-pyrrole nitrogens is 1. The molecule has 0 saturated carbocycles. The van der Waals surface area contributed by atoms with Crippen LogP contribution < -0.4 is 10.5 Å². The number of benzene rings is 2. The summed E-state index contributed by atoms with van der Waals surface area (Å²) in [5.74, 6) is 0.693. The average molecular weight is 534 g/mol. The van der Waals surface area contributed by atoms with Crippen LogP contribution in [-0.2, 0) is 5.54 Å². The van der Waals surface area contributed by atoms with E-state index in [1.165, 1.54) is 5.56 Å². The monoisotopic (exact) mass is 533 g/mol. The number of aromatic nitrogens is 5. The molecule has 0 bridgehead atoms. The largest absolute Gasteiger partial charge is 0.369 e. The van der Waals surface area contributed by atoms with Gasteiger partial charge in [0.1, 0.15) is 6.04 Å². The van der Waals surface area contributed by atoms with Gasteiger partial charge in [-0.1, -0.05) is 36.2 Å². The summed E-state index contributed by atoms with van der Waals surface area (Å²) in [6.45, 7) is 15.7. The summed E-state index contributed by atoms with van der Waals surface area (Å²) in [6.07, 6.45) is 0.853. The lowest BCUT2D eigenvalue weighted by molar-refractivity contribution is 0.186. The number of aryl methyl sites for hydroxylation is 3. The zero-order chi connectivity index (χ0) is 27.2. The number of tetrazole rings is 1. The number of hydrogen-bond donors (Lipinski definition) is 1. The molecule has 1 aliphatic heterocycles. The van der Waals surface area contributed by atoms with Gasteiger partial charge in [0.15, 0.2) is 5.82 Å². The number of aromatic amines is 1. The minimum Gasteiger partial charge on any atom is -0.369 e. The molecule has 1 saturated heterocycles. The predicted octanol–water partition coefficient (Wildman–Crippen LogP) is 5.15. The molecule has 1 unspecified atom stereocenters. The van der Waals surface area contributed by atoms with E-state index in [0.29, 0.717) is 11.4 Å². The number of nitrogens with zero attached hydrogens (tertiary/aromatic N) is 6. The maximum atomic E-state index is 13.7. The van der Waals surface area contributed by atoms with Crippen molar-refractivity contribution < 1.29 is 0 Å². The molecule has 200 valence electrons. The van der Waals surface area contributed by atoms with E-state index in [4.69, 9.17) is 11.6 Å². The molecule has 2 aromatic heterocycles. The van der Waals surface area contributed by atoms with Crippen LogP contribution in [0.5, 0.6) is 0 Å². The van der Waals surface area contributed by atoms with Gasteiger partial charge in [-0.25, -0.2) is 4.68 Å². The number of fused-ring (bicyclic) bond motifs is 1. The first-order valence-corrected chi connectivity index (χ1v) is 13.6. The van der Waals surface area contributed by atoms with Gasteiger partial charge >= 0.3 is 0 Å². The minimum atomic E-state index is -0.382. The molecule has 0 radical (unpaired) electrons. The van der Waals surface area contributed by atoms with Crippen molar-refractivity contribution >= 4 is 28.2 Å². The van der Waals surface area contributed by atoms with Gasteiger partial charge in [0.05, 0.1) is 11.1 Å². The van der Waals surface area contributed by atoms with E-state index in [0.717, 1.165) is 65.3 Å². The number of piperazine rings is 1. The lowest BCUT2D eigenvalue weighted by Crippen LogP contribution is -2.49. The number of nitrogens with one attached hydrogen (secondary N) is 1. The zero-order valence-electron chi connectivity index (χ0n) is 23.0. The van der Waals surface area contributed by atoms with Crippen LogP contribution in [-0.4, -0.2) is 56.3 Å². The van der Waals surface area contributed by atoms with E-state index in [1.54, 1.807) is 0 Å². The SMILES string of the molecule is CCC(C)(C)n1nnnc1C(c1cc2cc(C)cc(C)c2[nH]c1=O)N1CCN(c2cc(Cl)ccc2C)CC1. The Bertz CT molecular complexity index is 1530. The van der Waals surface area contributed by atoms with E-state index in [1.807, 2.05) is 29.8 Å². The number of anilines is 1. The number of hydrogen-bond acceptors (Lipinski definition) is 6. The fraction of sp³-hybridized carbons (Fsp3) is 0.448. The highest BCUT2D eigenvalue weighted by Gasteiger charge is 2.36. The molecule has 8 nitrogen and oxygen atoms in total. The third-order valence-corrected chi connectivity index (χ3v) is 8.22. The first kappa shape index (κ1) is 26.4. The lowest BCUT2D eigenvalue weighted by atomic mass is 9.98. The molecule has 3 heterocycles.